The van der Waals surface area contributed by atoms with Crippen LogP contribution in [0, 0.1) is 0 Å². The summed E-state index contributed by atoms with van der Waals surface area (Å²) in [6.07, 6.45) is 2.46. The van der Waals surface area contributed by atoms with E-state index in [0.29, 0.717) is 30.0 Å². The topological polar surface area (TPSA) is 120 Å². The average molecular weight is 531 g/mol. The van der Waals surface area contributed by atoms with Crippen LogP contribution >= 0.6 is 0 Å². The summed E-state index contributed by atoms with van der Waals surface area (Å²) in [5.41, 5.74) is 4.34. The number of aryl methyl sites for hydroxylation is 1. The maximum absolute atomic E-state index is 13.8. The van der Waals surface area contributed by atoms with E-state index in [9.17, 15) is 14.4 Å². The Hall–Kier alpha value is -4.27. The van der Waals surface area contributed by atoms with Crippen molar-refractivity contribution in [2.45, 2.75) is 65.8 Å². The number of carbonyl (C=O) groups is 1. The Kier molecular flexibility index (Phi) is 8.91. The van der Waals surface area contributed by atoms with Gasteiger partial charge in [-0.25, -0.2) is 9.78 Å². The Balaban J connectivity index is 1.71. The lowest BCUT2D eigenvalue weighted by atomic mass is 9.98. The monoisotopic (exact) mass is 530 g/mol. The standard InChI is InChI=1S/C30H34N4O5/c1-5-7-12-25-31-27(19(3)4)24(17-26(35)38-6-2)29(36)34(25)18-20-13-15-21(16-14-20)22-10-8-9-11-23(22)28-32-30(37)39-33-28/h8-11,13-16,19H,5-7,12,17-18H2,1-4H3,(H,32,33,37). The van der Waals surface area contributed by atoms with Crippen molar-refractivity contribution in [1.29, 1.82) is 0 Å². The van der Waals surface area contributed by atoms with E-state index in [-0.39, 0.29) is 24.5 Å². The second-order valence-electron chi connectivity index (χ2n) is 9.71. The normalized spacial score (nSPS) is 11.2. The van der Waals surface area contributed by atoms with Gasteiger partial charge in [-0.2, -0.15) is 0 Å². The van der Waals surface area contributed by atoms with Gasteiger partial charge in [-0.15, -0.1) is 0 Å². The van der Waals surface area contributed by atoms with Gasteiger partial charge >= 0.3 is 11.7 Å². The van der Waals surface area contributed by atoms with Crippen molar-refractivity contribution in [3.05, 3.63) is 92.1 Å². The number of nitrogens with one attached hydrogen (secondary N) is 1. The molecule has 2 aromatic carbocycles. The quantitative estimate of drug-likeness (QED) is 0.275. The minimum absolute atomic E-state index is 0.00356. The molecule has 0 fully saturated rings. The minimum Gasteiger partial charge on any atom is -0.466 e. The molecule has 0 radical (unpaired) electrons. The maximum atomic E-state index is 13.8. The van der Waals surface area contributed by atoms with E-state index in [1.807, 2.05) is 62.4 Å². The second kappa shape index (κ2) is 12.5. The molecule has 0 aliphatic heterocycles. The first-order chi connectivity index (χ1) is 18.8. The van der Waals surface area contributed by atoms with Crippen LogP contribution in [0.4, 0.5) is 0 Å². The number of aromatic nitrogens is 4. The summed E-state index contributed by atoms with van der Waals surface area (Å²) < 4.78 is 11.5. The number of unbranched alkanes of at least 4 members (excludes halogenated alkanes) is 1. The first-order valence-corrected chi connectivity index (χ1v) is 13.3. The summed E-state index contributed by atoms with van der Waals surface area (Å²) in [4.78, 5) is 45.1. The summed E-state index contributed by atoms with van der Waals surface area (Å²) in [6, 6.07) is 15.5. The SMILES string of the molecule is CCCCc1nc(C(C)C)c(CC(=O)OCC)c(=O)n1Cc1ccc(-c2ccccc2-c2noc(=O)[nH]2)cc1. The van der Waals surface area contributed by atoms with Crippen LogP contribution in [0.2, 0.25) is 0 Å². The van der Waals surface area contributed by atoms with Crippen LogP contribution in [0.25, 0.3) is 22.5 Å². The second-order valence-corrected chi connectivity index (χ2v) is 9.71. The first-order valence-electron chi connectivity index (χ1n) is 13.3. The number of aromatic amines is 1. The third kappa shape index (κ3) is 6.42. The van der Waals surface area contributed by atoms with Gasteiger partial charge in [0.2, 0.25) is 0 Å². The molecule has 0 saturated carbocycles. The highest BCUT2D eigenvalue weighted by Crippen LogP contribution is 2.30. The summed E-state index contributed by atoms with van der Waals surface area (Å²) in [5, 5.41) is 3.83. The number of H-pyrrole nitrogens is 1. The van der Waals surface area contributed by atoms with Crippen molar-refractivity contribution in [3.63, 3.8) is 0 Å². The lowest BCUT2D eigenvalue weighted by Crippen LogP contribution is -2.32. The lowest BCUT2D eigenvalue weighted by molar-refractivity contribution is -0.142. The molecule has 204 valence electrons. The molecule has 2 heterocycles. The fourth-order valence-electron chi connectivity index (χ4n) is 4.61. The molecule has 0 amide bonds. The number of hydrogen-bond acceptors (Lipinski definition) is 7. The van der Waals surface area contributed by atoms with Gasteiger partial charge in [-0.1, -0.05) is 80.9 Å². The van der Waals surface area contributed by atoms with E-state index in [2.05, 4.69) is 21.6 Å². The molecule has 2 aromatic heterocycles. The highest BCUT2D eigenvalue weighted by molar-refractivity contribution is 5.80. The summed E-state index contributed by atoms with van der Waals surface area (Å²) in [5.74, 6) is 0.0393. The van der Waals surface area contributed by atoms with E-state index in [1.54, 1.807) is 11.5 Å². The minimum atomic E-state index is -0.612. The van der Waals surface area contributed by atoms with Crippen LogP contribution in [-0.2, 0) is 28.9 Å². The molecule has 4 aromatic rings. The number of carbonyl (C=O) groups excluding carboxylic acids is 1. The van der Waals surface area contributed by atoms with Gasteiger partial charge in [-0.05, 0) is 36.0 Å². The predicted octanol–water partition coefficient (Wildman–Crippen LogP) is 4.87. The molecule has 0 unspecified atom stereocenters. The molecule has 0 aliphatic rings. The van der Waals surface area contributed by atoms with E-state index < -0.39 is 11.7 Å². The van der Waals surface area contributed by atoms with E-state index in [1.165, 1.54) is 0 Å². The Labute approximate surface area is 226 Å². The van der Waals surface area contributed by atoms with Crippen LogP contribution in [0.5, 0.6) is 0 Å². The molecule has 0 aliphatic carbocycles. The van der Waals surface area contributed by atoms with Crippen molar-refractivity contribution >= 4 is 5.97 Å². The number of hydrogen-bond donors (Lipinski definition) is 1. The van der Waals surface area contributed by atoms with Crippen molar-refractivity contribution in [2.24, 2.45) is 0 Å². The molecule has 4 rings (SSSR count). The number of ether oxygens (including phenoxy) is 1. The summed E-state index contributed by atoms with van der Waals surface area (Å²) in [6.45, 7) is 8.40. The third-order valence-corrected chi connectivity index (χ3v) is 6.53. The Bertz CT molecular complexity index is 1550. The number of rotatable bonds is 11. The Morgan fingerprint density at radius 3 is 2.38 bits per heavy atom. The highest BCUT2D eigenvalue weighted by atomic mass is 16.5. The number of esters is 1. The van der Waals surface area contributed by atoms with Crippen LogP contribution in [-0.4, -0.2) is 32.3 Å². The van der Waals surface area contributed by atoms with Crippen molar-refractivity contribution in [3.8, 4) is 22.5 Å². The van der Waals surface area contributed by atoms with Crippen molar-refractivity contribution in [1.82, 2.24) is 19.7 Å². The van der Waals surface area contributed by atoms with E-state index in [0.717, 1.165) is 40.9 Å². The number of nitrogens with zero attached hydrogens (tertiary/aromatic N) is 3. The lowest BCUT2D eigenvalue weighted by Gasteiger charge is -2.19. The molecule has 39 heavy (non-hydrogen) atoms. The largest absolute Gasteiger partial charge is 0.466 e. The summed E-state index contributed by atoms with van der Waals surface area (Å²) in [7, 11) is 0. The highest BCUT2D eigenvalue weighted by Gasteiger charge is 2.21. The molecule has 9 heteroatoms. The molecule has 0 bridgehead atoms. The molecular weight excluding hydrogens is 496 g/mol. The molecule has 9 nitrogen and oxygen atoms in total. The number of benzene rings is 2. The fourth-order valence-corrected chi connectivity index (χ4v) is 4.61. The van der Waals surface area contributed by atoms with Crippen LogP contribution < -0.4 is 11.3 Å². The summed E-state index contributed by atoms with van der Waals surface area (Å²) >= 11 is 0. The molecular formula is C30H34N4O5. The van der Waals surface area contributed by atoms with Gasteiger partial charge in [0.15, 0.2) is 5.82 Å². The van der Waals surface area contributed by atoms with Gasteiger partial charge in [0.1, 0.15) is 5.82 Å². The Morgan fingerprint density at radius 2 is 1.77 bits per heavy atom. The van der Waals surface area contributed by atoms with Crippen molar-refractivity contribution in [2.75, 3.05) is 6.61 Å². The van der Waals surface area contributed by atoms with Crippen LogP contribution in [0.1, 0.15) is 69.1 Å². The van der Waals surface area contributed by atoms with Gasteiger partial charge in [0, 0.05) is 12.0 Å². The van der Waals surface area contributed by atoms with Crippen LogP contribution in [0.15, 0.2) is 62.6 Å². The zero-order valence-corrected chi connectivity index (χ0v) is 22.8. The first kappa shape index (κ1) is 27.8. The average Bonchev–Trinajstić information content (AvgIpc) is 3.36. The van der Waals surface area contributed by atoms with Crippen molar-refractivity contribution < 1.29 is 14.1 Å². The van der Waals surface area contributed by atoms with Gasteiger partial charge in [0.05, 0.1) is 30.8 Å². The molecule has 0 atom stereocenters. The van der Waals surface area contributed by atoms with Gasteiger partial charge < -0.3 is 4.74 Å². The smallest absolute Gasteiger partial charge is 0.439 e. The molecule has 0 spiro atoms. The predicted molar refractivity (Wildman–Crippen MR) is 149 cm³/mol. The van der Waals surface area contributed by atoms with E-state index >= 15 is 0 Å². The fraction of sp³-hybridized carbons (Fsp3) is 0.367. The van der Waals surface area contributed by atoms with Gasteiger partial charge in [0.25, 0.3) is 5.56 Å². The molecule has 0 saturated heterocycles. The molecule has 1 N–H and O–H groups in total. The zero-order valence-electron chi connectivity index (χ0n) is 22.8. The van der Waals surface area contributed by atoms with Gasteiger partial charge in [-0.3, -0.25) is 23.7 Å². The van der Waals surface area contributed by atoms with Crippen LogP contribution in [0.3, 0.4) is 0 Å². The Morgan fingerprint density at radius 1 is 1.05 bits per heavy atom. The maximum Gasteiger partial charge on any atom is 0.439 e. The zero-order chi connectivity index (χ0) is 27.9. The third-order valence-electron chi connectivity index (χ3n) is 6.53. The van der Waals surface area contributed by atoms with E-state index in [4.69, 9.17) is 9.72 Å².